The molecule has 0 bridgehead atoms. The van der Waals surface area contributed by atoms with Crippen LogP contribution in [-0.4, -0.2) is 26.3 Å². The summed E-state index contributed by atoms with van der Waals surface area (Å²) in [5.41, 5.74) is -0.0691. The number of urea groups is 1. The van der Waals surface area contributed by atoms with Crippen LogP contribution >= 0.6 is 0 Å². The lowest BCUT2D eigenvalue weighted by Gasteiger charge is -2.05. The largest absolute Gasteiger partial charge is 0.360 e. The molecule has 0 aliphatic heterocycles. The highest BCUT2D eigenvalue weighted by Gasteiger charge is 2.13. The topological polar surface area (TPSA) is 171 Å². The zero-order valence-corrected chi connectivity index (χ0v) is 13.2. The Morgan fingerprint density at radius 3 is 2.21 bits per heavy atom. The summed E-state index contributed by atoms with van der Waals surface area (Å²) < 4.78 is 22.2. The van der Waals surface area contributed by atoms with Crippen molar-refractivity contribution in [2.75, 3.05) is 5.32 Å². The molecular weight excluding hydrogens is 338 g/mol. The number of carbonyl (C=O) groups excluding carboxylic acids is 3. The molecule has 4 amide bonds. The smallest absolute Gasteiger partial charge is 0.328 e. The number of sulfonamides is 1. The van der Waals surface area contributed by atoms with Gasteiger partial charge < -0.3 is 5.32 Å². The van der Waals surface area contributed by atoms with Crippen molar-refractivity contribution in [2.24, 2.45) is 5.14 Å². The molecule has 24 heavy (non-hydrogen) atoms. The van der Waals surface area contributed by atoms with Crippen molar-refractivity contribution in [3.63, 3.8) is 0 Å². The lowest BCUT2D eigenvalue weighted by atomic mass is 10.3. The Labute approximate surface area is 137 Å². The molecule has 1 rings (SSSR count). The van der Waals surface area contributed by atoms with Gasteiger partial charge in [0.05, 0.1) is 4.90 Å². The second kappa shape index (κ2) is 7.86. The molecule has 0 radical (unpaired) electrons. The lowest BCUT2D eigenvalue weighted by Crippen LogP contribution is -2.42. The highest BCUT2D eigenvalue weighted by Crippen LogP contribution is 2.13. The summed E-state index contributed by atoms with van der Waals surface area (Å²) in [6.07, 6.45) is 1.02. The minimum atomic E-state index is -3.82. The van der Waals surface area contributed by atoms with Crippen LogP contribution in [0.1, 0.15) is 6.92 Å². The molecule has 0 heterocycles. The zero-order valence-electron chi connectivity index (χ0n) is 12.4. The minimum absolute atomic E-state index is 0.101. The fourth-order valence-electron chi connectivity index (χ4n) is 1.41. The van der Waals surface area contributed by atoms with E-state index in [0.29, 0.717) is 5.69 Å². The van der Waals surface area contributed by atoms with Crippen molar-refractivity contribution >= 4 is 33.6 Å². The average molecular weight is 351 g/mol. The maximum Gasteiger partial charge on any atom is 0.328 e. The van der Waals surface area contributed by atoms with E-state index in [1.807, 2.05) is 5.32 Å². The molecule has 0 saturated carbocycles. The number of benzene rings is 1. The van der Waals surface area contributed by atoms with E-state index in [-0.39, 0.29) is 4.90 Å². The maximum atomic E-state index is 11.7. The van der Waals surface area contributed by atoms with E-state index in [9.17, 15) is 22.8 Å². The van der Waals surface area contributed by atoms with Gasteiger partial charge >= 0.3 is 6.03 Å². The number of nitrogens with two attached hydrogens (primary N) is 1. The first kappa shape index (κ1) is 18.8. The maximum absolute atomic E-state index is 11.7. The van der Waals surface area contributed by atoms with Crippen molar-refractivity contribution in [3.05, 3.63) is 36.0 Å². The summed E-state index contributed by atoms with van der Waals surface area (Å²) in [4.78, 5) is 33.4. The van der Waals surface area contributed by atoms with Gasteiger partial charge in [-0.2, -0.15) is 5.26 Å². The van der Waals surface area contributed by atoms with Crippen LogP contribution in [0.2, 0.25) is 0 Å². The Balaban J connectivity index is 2.79. The Kier molecular flexibility index (Phi) is 6.16. The molecule has 1 aromatic carbocycles. The summed E-state index contributed by atoms with van der Waals surface area (Å²) in [6, 6.07) is 5.71. The van der Waals surface area contributed by atoms with Gasteiger partial charge in [-0.1, -0.05) is 0 Å². The number of imide groups is 2. The van der Waals surface area contributed by atoms with E-state index in [2.05, 4.69) is 5.32 Å². The number of hydrogen-bond donors (Lipinski definition) is 4. The number of nitrogens with one attached hydrogen (secondary N) is 3. The van der Waals surface area contributed by atoms with Crippen LogP contribution in [0.25, 0.3) is 0 Å². The number of hydrogen-bond acceptors (Lipinski definition) is 7. The van der Waals surface area contributed by atoms with E-state index >= 15 is 0 Å². The van der Waals surface area contributed by atoms with Crippen molar-refractivity contribution in [1.29, 1.82) is 5.26 Å². The SMILES string of the molecule is CC(=O)NC(=O)NC(=O)/C(C#N)=C/Nc1ccc(S(N)(=O)=O)cc1. The third kappa shape index (κ3) is 5.87. The number of nitrogens with zero attached hydrogens (tertiary/aromatic N) is 1. The van der Waals surface area contributed by atoms with E-state index in [0.717, 1.165) is 13.1 Å². The van der Waals surface area contributed by atoms with E-state index < -0.39 is 33.4 Å². The first-order valence-electron chi connectivity index (χ1n) is 6.26. The number of carbonyl (C=O) groups is 3. The Bertz CT molecular complexity index is 836. The molecule has 0 aliphatic rings. The van der Waals surface area contributed by atoms with Crippen LogP contribution < -0.4 is 21.1 Å². The fourth-order valence-corrected chi connectivity index (χ4v) is 1.92. The molecule has 1 aromatic rings. The van der Waals surface area contributed by atoms with Gasteiger partial charge in [-0.25, -0.2) is 18.4 Å². The summed E-state index contributed by atoms with van der Waals surface area (Å²) in [7, 11) is -3.82. The molecule has 0 spiro atoms. The number of primary sulfonamides is 1. The van der Waals surface area contributed by atoms with Gasteiger partial charge in [-0.05, 0) is 24.3 Å². The zero-order chi connectivity index (χ0) is 18.3. The van der Waals surface area contributed by atoms with E-state index in [1.165, 1.54) is 24.3 Å². The molecule has 126 valence electrons. The van der Waals surface area contributed by atoms with Crippen molar-refractivity contribution in [3.8, 4) is 6.07 Å². The lowest BCUT2D eigenvalue weighted by molar-refractivity contribution is -0.118. The first-order chi connectivity index (χ1) is 11.1. The molecule has 0 aromatic heterocycles. The number of rotatable bonds is 4. The highest BCUT2D eigenvalue weighted by atomic mass is 32.2. The molecular formula is C13H13N5O5S. The third-order valence-electron chi connectivity index (χ3n) is 2.45. The average Bonchev–Trinajstić information content (AvgIpc) is 2.46. The summed E-state index contributed by atoms with van der Waals surface area (Å²) in [6.45, 7) is 1.08. The highest BCUT2D eigenvalue weighted by molar-refractivity contribution is 7.89. The molecule has 0 atom stereocenters. The fraction of sp³-hybridized carbons (Fsp3) is 0.0769. The summed E-state index contributed by atoms with van der Waals surface area (Å²) >= 11 is 0. The van der Waals surface area contributed by atoms with Crippen molar-refractivity contribution < 1.29 is 22.8 Å². The quantitative estimate of drug-likeness (QED) is 0.419. The molecule has 10 nitrogen and oxygen atoms in total. The molecule has 0 saturated heterocycles. The third-order valence-corrected chi connectivity index (χ3v) is 3.38. The van der Waals surface area contributed by atoms with Crippen LogP contribution in [0.5, 0.6) is 0 Å². The normalized spacial score (nSPS) is 11.1. The van der Waals surface area contributed by atoms with E-state index in [1.54, 1.807) is 11.4 Å². The molecule has 11 heteroatoms. The van der Waals surface area contributed by atoms with Gasteiger partial charge in [0.15, 0.2) is 0 Å². The summed E-state index contributed by atoms with van der Waals surface area (Å²) in [5, 5.41) is 20.1. The molecule has 0 fully saturated rings. The standard InChI is InChI=1S/C13H13N5O5S/c1-8(19)17-13(21)18-12(20)9(6-14)7-16-10-2-4-11(5-3-10)24(15,22)23/h2-5,7,16H,1H3,(H2,15,22,23)(H2,17,18,19,20,21)/b9-7+. The predicted octanol–water partition coefficient (Wildman–Crippen LogP) is -0.474. The van der Waals surface area contributed by atoms with Crippen LogP contribution in [0, 0.1) is 11.3 Å². The molecule has 0 aliphatic carbocycles. The Morgan fingerprint density at radius 2 is 1.75 bits per heavy atom. The first-order valence-corrected chi connectivity index (χ1v) is 7.80. The predicted molar refractivity (Wildman–Crippen MR) is 82.5 cm³/mol. The van der Waals surface area contributed by atoms with E-state index in [4.69, 9.17) is 10.4 Å². The van der Waals surface area contributed by atoms with Crippen LogP contribution in [0.4, 0.5) is 10.5 Å². The van der Waals surface area contributed by atoms with Crippen LogP contribution in [0.15, 0.2) is 40.9 Å². The summed E-state index contributed by atoms with van der Waals surface area (Å²) in [5.74, 6) is -1.69. The second-order valence-corrected chi connectivity index (χ2v) is 5.91. The second-order valence-electron chi connectivity index (χ2n) is 4.35. The van der Waals surface area contributed by atoms with Crippen molar-refractivity contribution in [2.45, 2.75) is 11.8 Å². The number of nitriles is 1. The van der Waals surface area contributed by atoms with Gasteiger partial charge in [-0.15, -0.1) is 0 Å². The van der Waals surface area contributed by atoms with Crippen LogP contribution in [-0.2, 0) is 19.6 Å². The van der Waals surface area contributed by atoms with Gasteiger partial charge in [0.25, 0.3) is 5.91 Å². The van der Waals surface area contributed by atoms with Gasteiger partial charge in [0.1, 0.15) is 11.6 Å². The minimum Gasteiger partial charge on any atom is -0.360 e. The van der Waals surface area contributed by atoms with Gasteiger partial charge in [0, 0.05) is 18.8 Å². The van der Waals surface area contributed by atoms with Gasteiger partial charge in [-0.3, -0.25) is 20.2 Å². The Morgan fingerprint density at radius 1 is 1.17 bits per heavy atom. The molecule has 5 N–H and O–H groups in total. The van der Waals surface area contributed by atoms with Crippen molar-refractivity contribution in [1.82, 2.24) is 10.6 Å². The molecule has 0 unspecified atom stereocenters. The monoisotopic (exact) mass is 351 g/mol. The number of anilines is 1. The Hall–Kier alpha value is -3.23. The van der Waals surface area contributed by atoms with Crippen LogP contribution in [0.3, 0.4) is 0 Å². The number of amides is 4. The van der Waals surface area contributed by atoms with Gasteiger partial charge in [0.2, 0.25) is 15.9 Å².